The molecule has 4 N–H and O–H groups in total. The van der Waals surface area contributed by atoms with Crippen LogP contribution in [0.25, 0.3) is 22.3 Å². The quantitative estimate of drug-likeness (QED) is 0.118. The fourth-order valence-corrected chi connectivity index (χ4v) is 6.02. The van der Waals surface area contributed by atoms with Crippen molar-refractivity contribution in [3.05, 3.63) is 58.2 Å². The van der Waals surface area contributed by atoms with E-state index in [0.717, 1.165) is 0 Å². The molecule has 0 atom stereocenters. The predicted octanol–water partition coefficient (Wildman–Crippen LogP) is 2.79. The van der Waals surface area contributed by atoms with Crippen LogP contribution in [0.15, 0.2) is 9.79 Å². The third kappa shape index (κ3) is 3.76. The van der Waals surface area contributed by atoms with Crippen molar-refractivity contribution in [1.82, 2.24) is 9.46 Å². The lowest BCUT2D eigenvalue weighted by atomic mass is 9.86. The van der Waals surface area contributed by atoms with E-state index >= 15 is 0 Å². The maximum atomic E-state index is 14.0. The molecule has 1 aliphatic carbocycles. The van der Waals surface area contributed by atoms with Gasteiger partial charge in [-0.1, -0.05) is 9.46 Å². The molecule has 0 bridgehead atoms. The summed E-state index contributed by atoms with van der Waals surface area (Å²) in [6.07, 6.45) is 0. The topological polar surface area (TPSA) is 178 Å². The van der Waals surface area contributed by atoms with Gasteiger partial charge in [0.25, 0.3) is 0 Å². The molecular weight excluding hydrogens is 682 g/mol. The van der Waals surface area contributed by atoms with Gasteiger partial charge in [-0.15, -0.1) is 0 Å². The zero-order valence-corrected chi connectivity index (χ0v) is 21.4. The first-order chi connectivity index (χ1) is 20.2. The molecule has 0 unspecified atom stereocenters. The minimum atomic E-state index is -6.18. The van der Waals surface area contributed by atoms with Crippen molar-refractivity contribution in [3.8, 4) is 45.8 Å². The Morgan fingerprint density at radius 1 is 0.386 bits per heavy atom. The highest BCUT2D eigenvalue weighted by Gasteiger charge is 2.47. The molecule has 0 spiro atoms. The third-order valence-electron chi connectivity index (χ3n) is 5.85. The Balaban J connectivity index is 1.58. The second-order valence-electron chi connectivity index (χ2n) is 8.24. The van der Waals surface area contributed by atoms with Gasteiger partial charge in [0, 0.05) is 0 Å². The van der Waals surface area contributed by atoms with Gasteiger partial charge in [0.2, 0.25) is 35.2 Å². The summed E-state index contributed by atoms with van der Waals surface area (Å²) in [6.45, 7) is 0. The summed E-state index contributed by atoms with van der Waals surface area (Å²) in [5, 5.41) is 41.3. The molecule has 2 aromatic carbocycles. The van der Waals surface area contributed by atoms with E-state index in [4.69, 9.17) is 0 Å². The van der Waals surface area contributed by atoms with Crippen molar-refractivity contribution in [3.63, 3.8) is 0 Å². The molecule has 5 rings (SSSR count). The average molecular weight is 686 g/mol. The van der Waals surface area contributed by atoms with Gasteiger partial charge in [0.1, 0.15) is 0 Å². The molecule has 0 amide bonds. The number of nitrogens with zero attached hydrogens (tertiary/aromatic N) is 2. The van der Waals surface area contributed by atoms with Crippen molar-refractivity contribution in [2.24, 2.45) is 0 Å². The minimum Gasteiger partial charge on any atom is -0.492 e. The van der Waals surface area contributed by atoms with Crippen LogP contribution >= 0.6 is 0 Å². The first kappa shape index (κ1) is 30.5. The van der Waals surface area contributed by atoms with Crippen LogP contribution < -0.4 is 8.57 Å². The second kappa shape index (κ2) is 9.25. The molecule has 2 heterocycles. The van der Waals surface area contributed by atoms with Gasteiger partial charge in [-0.3, -0.25) is 8.57 Å². The summed E-state index contributed by atoms with van der Waals surface area (Å²) in [7, 11) is -12.4. The number of aromatic nitrogens is 2. The van der Waals surface area contributed by atoms with E-state index in [1.165, 1.54) is 0 Å². The maximum Gasteiger partial charge on any atom is 0.363 e. The van der Waals surface area contributed by atoms with Crippen LogP contribution in [0.1, 0.15) is 0 Å². The molecule has 24 heteroatoms. The van der Waals surface area contributed by atoms with Crippen LogP contribution in [0.4, 0.5) is 43.9 Å². The molecule has 0 saturated heterocycles. The van der Waals surface area contributed by atoms with Gasteiger partial charge in [-0.25, -0.2) is 43.9 Å². The Morgan fingerprint density at radius 2 is 0.568 bits per heavy atom. The van der Waals surface area contributed by atoms with Gasteiger partial charge in [0.15, 0.2) is 56.3 Å². The van der Waals surface area contributed by atoms with Crippen molar-refractivity contribution in [2.45, 2.75) is 9.79 Å². The summed E-state index contributed by atoms with van der Waals surface area (Å²) in [5.74, 6) is -34.9. The molecule has 44 heavy (non-hydrogen) atoms. The van der Waals surface area contributed by atoms with Crippen molar-refractivity contribution in [2.75, 3.05) is 0 Å². The SMILES string of the molecule is O=S(=O)(On1c(O)c2c(c1O)-c1c-2c(O)n(OS(=O)(=O)c2c(F)c(F)c(F)c(F)c2F)c1O)c1c(F)c(F)c(F)c(F)c1F. The highest BCUT2D eigenvalue weighted by atomic mass is 32.2. The van der Waals surface area contributed by atoms with Crippen LogP contribution in [0.2, 0.25) is 0 Å². The van der Waals surface area contributed by atoms with Crippen LogP contribution in [-0.4, -0.2) is 46.7 Å². The van der Waals surface area contributed by atoms with Gasteiger partial charge >= 0.3 is 20.2 Å². The molecule has 2 aromatic heterocycles. The monoisotopic (exact) mass is 686 g/mol. The smallest absolute Gasteiger partial charge is 0.363 e. The normalized spacial score (nSPS) is 12.6. The summed E-state index contributed by atoms with van der Waals surface area (Å²) < 4.78 is 193. The number of hydrogen-bond acceptors (Lipinski definition) is 10. The van der Waals surface area contributed by atoms with E-state index in [9.17, 15) is 81.2 Å². The first-order valence-corrected chi connectivity index (χ1v) is 13.3. The van der Waals surface area contributed by atoms with Crippen molar-refractivity contribution >= 4 is 20.2 Å². The molecule has 236 valence electrons. The van der Waals surface area contributed by atoms with E-state index in [-0.39, 0.29) is 0 Å². The lowest BCUT2D eigenvalue weighted by Crippen LogP contribution is -2.24. The van der Waals surface area contributed by atoms with E-state index < -0.39 is 143 Å². The van der Waals surface area contributed by atoms with Gasteiger partial charge in [-0.2, -0.15) is 16.8 Å². The minimum absolute atomic E-state index is 0.617. The van der Waals surface area contributed by atoms with Crippen LogP contribution in [0, 0.1) is 58.2 Å². The predicted molar refractivity (Wildman–Crippen MR) is 114 cm³/mol. The Kier molecular flexibility index (Phi) is 6.40. The number of halogens is 10. The average Bonchev–Trinajstić information content (AvgIpc) is 3.23. The molecule has 0 aliphatic heterocycles. The number of benzene rings is 2. The molecule has 0 fully saturated rings. The zero-order valence-electron chi connectivity index (χ0n) is 19.7. The van der Waals surface area contributed by atoms with E-state index in [1.54, 1.807) is 0 Å². The summed E-state index contributed by atoms with van der Waals surface area (Å²) in [6, 6.07) is 0. The van der Waals surface area contributed by atoms with Crippen LogP contribution in [0.5, 0.6) is 23.5 Å². The van der Waals surface area contributed by atoms with E-state index in [0.29, 0.717) is 0 Å². The Bertz CT molecular complexity index is 1940. The third-order valence-corrected chi connectivity index (χ3v) is 8.26. The van der Waals surface area contributed by atoms with Gasteiger partial charge in [0.05, 0.1) is 22.3 Å². The van der Waals surface area contributed by atoms with Crippen LogP contribution in [-0.2, 0) is 20.2 Å². The fourth-order valence-electron chi connectivity index (χ4n) is 3.96. The van der Waals surface area contributed by atoms with E-state index in [2.05, 4.69) is 8.57 Å². The second-order valence-corrected chi connectivity index (χ2v) is 11.2. The lowest BCUT2D eigenvalue weighted by molar-refractivity contribution is 0.199. The first-order valence-electron chi connectivity index (χ1n) is 10.5. The highest BCUT2D eigenvalue weighted by molar-refractivity contribution is 7.87. The van der Waals surface area contributed by atoms with Crippen molar-refractivity contribution < 1.29 is 89.7 Å². The summed E-state index contributed by atoms with van der Waals surface area (Å²) in [4.78, 5) is -5.18. The maximum absolute atomic E-state index is 14.0. The number of fused-ring (bicyclic) bond motifs is 4. The standard InChI is InChI=1S/C20H4F10N2O10S2/c21-5-7(23)11(27)15(12(28)8(5)24)43(37,38)41-31-17(33)1-2(18(31)34)4-3(1)19(35)32(20(4)36)42-44(39,40)16-13(29)9(25)6(22)10(26)14(16)30/h33-36H. The van der Waals surface area contributed by atoms with Crippen LogP contribution in [0.3, 0.4) is 0 Å². The van der Waals surface area contributed by atoms with E-state index in [1.807, 2.05) is 0 Å². The number of hydrogen-bond donors (Lipinski definition) is 4. The van der Waals surface area contributed by atoms with Gasteiger partial charge in [-0.05, 0) is 0 Å². The summed E-state index contributed by atoms with van der Waals surface area (Å²) in [5.41, 5.74) is -3.97. The lowest BCUT2D eigenvalue weighted by Gasteiger charge is -2.13. The number of aromatic hydroxyl groups is 4. The van der Waals surface area contributed by atoms with Gasteiger partial charge < -0.3 is 20.4 Å². The summed E-state index contributed by atoms with van der Waals surface area (Å²) >= 11 is 0. The Hall–Kier alpha value is -5.00. The molecule has 0 radical (unpaired) electrons. The molecule has 1 aliphatic rings. The highest BCUT2D eigenvalue weighted by Crippen LogP contribution is 2.64. The molecule has 4 aromatic rings. The Morgan fingerprint density at radius 3 is 0.773 bits per heavy atom. The fraction of sp³-hybridized carbons (Fsp3) is 0. The molecular formula is C20H4F10N2O10S2. The molecule has 12 nitrogen and oxygen atoms in total. The zero-order chi connectivity index (χ0) is 33.1. The van der Waals surface area contributed by atoms with Crippen molar-refractivity contribution in [1.29, 1.82) is 0 Å². The number of rotatable bonds is 6. The molecule has 0 saturated carbocycles. The largest absolute Gasteiger partial charge is 0.492 e. The Labute approximate surface area is 233 Å².